The van der Waals surface area contributed by atoms with Crippen LogP contribution >= 0.6 is 0 Å². The molecule has 30 heavy (non-hydrogen) atoms. The second-order valence-electron chi connectivity index (χ2n) is 9.17. The maximum absolute atomic E-state index is 11.5. The van der Waals surface area contributed by atoms with E-state index < -0.39 is 12.1 Å². The molecule has 1 heterocycles. The lowest BCUT2D eigenvalue weighted by Crippen LogP contribution is -2.48. The SMILES string of the molecule is Cc1ccc(-c2cn(CC(O)COCC3=CCC4CC3C4(C)C)nn2)c(C(=O)O)c1. The molecule has 2 N–H and O–H groups in total. The van der Waals surface area contributed by atoms with E-state index in [0.29, 0.717) is 29.2 Å². The van der Waals surface area contributed by atoms with Gasteiger partial charge in [0.1, 0.15) is 5.69 Å². The van der Waals surface area contributed by atoms with Crippen LogP contribution in [-0.4, -0.2) is 50.5 Å². The van der Waals surface area contributed by atoms with Crippen molar-refractivity contribution >= 4 is 5.97 Å². The summed E-state index contributed by atoms with van der Waals surface area (Å²) in [5.41, 5.74) is 3.76. The van der Waals surface area contributed by atoms with E-state index in [2.05, 4.69) is 30.2 Å². The van der Waals surface area contributed by atoms with E-state index in [1.165, 1.54) is 16.7 Å². The van der Waals surface area contributed by atoms with Gasteiger partial charge in [-0.2, -0.15) is 0 Å². The first-order chi connectivity index (χ1) is 14.3. The number of allylic oxidation sites excluding steroid dienone is 1. The minimum Gasteiger partial charge on any atom is -0.478 e. The van der Waals surface area contributed by atoms with Gasteiger partial charge in [-0.15, -0.1) is 5.10 Å². The fourth-order valence-corrected chi connectivity index (χ4v) is 4.79. The average molecular weight is 412 g/mol. The van der Waals surface area contributed by atoms with Gasteiger partial charge in [-0.05, 0) is 48.7 Å². The van der Waals surface area contributed by atoms with Crippen molar-refractivity contribution in [2.24, 2.45) is 17.3 Å². The van der Waals surface area contributed by atoms with Crippen molar-refractivity contribution in [3.63, 3.8) is 0 Å². The predicted molar refractivity (Wildman–Crippen MR) is 112 cm³/mol. The van der Waals surface area contributed by atoms with Crippen LogP contribution in [0.15, 0.2) is 36.0 Å². The summed E-state index contributed by atoms with van der Waals surface area (Å²) in [5, 5.41) is 27.9. The number of hydrogen-bond donors (Lipinski definition) is 2. The Morgan fingerprint density at radius 3 is 2.90 bits per heavy atom. The lowest BCUT2D eigenvalue weighted by Gasteiger charge is -2.56. The Labute approximate surface area is 176 Å². The van der Waals surface area contributed by atoms with Crippen molar-refractivity contribution in [2.45, 2.75) is 46.3 Å². The molecular weight excluding hydrogens is 382 g/mol. The number of fused-ring (bicyclic) bond motifs is 1. The van der Waals surface area contributed by atoms with Gasteiger partial charge in [-0.3, -0.25) is 0 Å². The van der Waals surface area contributed by atoms with Gasteiger partial charge >= 0.3 is 5.97 Å². The van der Waals surface area contributed by atoms with E-state index in [9.17, 15) is 15.0 Å². The summed E-state index contributed by atoms with van der Waals surface area (Å²) in [6, 6.07) is 5.19. The zero-order valence-electron chi connectivity index (χ0n) is 17.7. The number of aliphatic hydroxyl groups is 1. The number of aromatic nitrogens is 3. The molecule has 3 aliphatic carbocycles. The Hall–Kier alpha value is -2.51. The molecule has 1 saturated carbocycles. The highest BCUT2D eigenvalue weighted by atomic mass is 16.5. The number of benzene rings is 1. The molecule has 0 amide bonds. The Kier molecular flexibility index (Phi) is 5.51. The molecule has 3 atom stereocenters. The van der Waals surface area contributed by atoms with E-state index in [4.69, 9.17) is 4.74 Å². The number of hydrogen-bond acceptors (Lipinski definition) is 5. The smallest absolute Gasteiger partial charge is 0.336 e. The van der Waals surface area contributed by atoms with Gasteiger partial charge in [-0.25, -0.2) is 9.48 Å². The number of aliphatic hydroxyl groups excluding tert-OH is 1. The van der Waals surface area contributed by atoms with Gasteiger partial charge in [0.2, 0.25) is 0 Å². The molecule has 2 bridgehead atoms. The average Bonchev–Trinajstić information content (AvgIpc) is 3.16. The Balaban J connectivity index is 1.32. The van der Waals surface area contributed by atoms with Crippen molar-refractivity contribution < 1.29 is 19.7 Å². The maximum Gasteiger partial charge on any atom is 0.336 e. The molecule has 3 aliphatic rings. The zero-order chi connectivity index (χ0) is 21.5. The minimum absolute atomic E-state index is 0.188. The van der Waals surface area contributed by atoms with Crippen molar-refractivity contribution in [2.75, 3.05) is 13.2 Å². The molecule has 1 fully saturated rings. The number of carbonyl (C=O) groups is 1. The van der Waals surface area contributed by atoms with E-state index in [1.54, 1.807) is 18.3 Å². The second-order valence-corrected chi connectivity index (χ2v) is 9.17. The van der Waals surface area contributed by atoms with Crippen LogP contribution in [0.2, 0.25) is 0 Å². The Bertz CT molecular complexity index is 979. The van der Waals surface area contributed by atoms with Gasteiger partial charge in [0, 0.05) is 5.56 Å². The van der Waals surface area contributed by atoms with Crippen LogP contribution in [0.5, 0.6) is 0 Å². The van der Waals surface area contributed by atoms with Gasteiger partial charge in [-0.1, -0.05) is 42.8 Å². The van der Waals surface area contributed by atoms with Crippen LogP contribution < -0.4 is 0 Å². The molecule has 0 aliphatic heterocycles. The topological polar surface area (TPSA) is 97.5 Å². The van der Waals surface area contributed by atoms with Crippen LogP contribution in [-0.2, 0) is 11.3 Å². The van der Waals surface area contributed by atoms with Crippen molar-refractivity contribution in [1.29, 1.82) is 0 Å². The molecule has 5 rings (SSSR count). The van der Waals surface area contributed by atoms with Crippen LogP contribution in [0, 0.1) is 24.2 Å². The quantitative estimate of drug-likeness (QED) is 0.647. The van der Waals surface area contributed by atoms with Crippen molar-refractivity contribution in [1.82, 2.24) is 15.0 Å². The molecule has 0 saturated heterocycles. The van der Waals surface area contributed by atoms with E-state index in [0.717, 1.165) is 17.9 Å². The standard InChI is InChI=1S/C23H29N3O4/c1-14-4-7-18(19(8-14)22(28)29)21-11-26(25-24-21)10-17(27)13-30-12-15-5-6-16-9-20(15)23(16,2)3/h4-5,7-8,11,16-17,20,27H,6,9-10,12-13H2,1-3H3,(H,28,29). The van der Waals surface area contributed by atoms with Gasteiger partial charge in [0.25, 0.3) is 0 Å². The summed E-state index contributed by atoms with van der Waals surface area (Å²) in [7, 11) is 0. The number of ether oxygens (including phenoxy) is 1. The second kappa shape index (κ2) is 7.96. The highest BCUT2D eigenvalue weighted by Gasteiger charge is 2.50. The summed E-state index contributed by atoms with van der Waals surface area (Å²) in [4.78, 5) is 11.5. The molecule has 0 spiro atoms. The fraction of sp³-hybridized carbons (Fsp3) is 0.522. The third-order valence-electron chi connectivity index (χ3n) is 6.78. The zero-order valence-corrected chi connectivity index (χ0v) is 17.7. The molecule has 2 aromatic rings. The fourth-order valence-electron chi connectivity index (χ4n) is 4.79. The lowest BCUT2D eigenvalue weighted by atomic mass is 9.49. The molecule has 7 heteroatoms. The molecule has 3 unspecified atom stereocenters. The normalized spacial score (nSPS) is 22.9. The first-order valence-electron chi connectivity index (χ1n) is 10.4. The highest BCUT2D eigenvalue weighted by Crippen LogP contribution is 2.59. The summed E-state index contributed by atoms with van der Waals surface area (Å²) in [5.74, 6) is 0.396. The van der Waals surface area contributed by atoms with E-state index in [1.807, 2.05) is 13.0 Å². The molecule has 0 radical (unpaired) electrons. The van der Waals surface area contributed by atoms with Crippen molar-refractivity contribution in [3.05, 3.63) is 47.2 Å². The minimum atomic E-state index is -1.00. The Morgan fingerprint density at radius 1 is 1.40 bits per heavy atom. The number of carboxylic acid groups (broad SMARTS) is 1. The van der Waals surface area contributed by atoms with E-state index >= 15 is 0 Å². The third-order valence-corrected chi connectivity index (χ3v) is 6.78. The summed E-state index contributed by atoms with van der Waals surface area (Å²) >= 11 is 0. The highest BCUT2D eigenvalue weighted by molar-refractivity contribution is 5.95. The van der Waals surface area contributed by atoms with Crippen LogP contribution in [0.4, 0.5) is 0 Å². The Morgan fingerprint density at radius 2 is 2.20 bits per heavy atom. The molecular formula is C23H29N3O4. The van der Waals surface area contributed by atoms with Crippen molar-refractivity contribution in [3.8, 4) is 11.3 Å². The van der Waals surface area contributed by atoms with Crippen LogP contribution in [0.3, 0.4) is 0 Å². The number of aromatic carboxylic acids is 1. The number of rotatable bonds is 8. The summed E-state index contributed by atoms with van der Waals surface area (Å²) in [6.07, 6.45) is 5.62. The molecule has 7 nitrogen and oxygen atoms in total. The number of nitrogens with zero attached hydrogens (tertiary/aromatic N) is 3. The monoisotopic (exact) mass is 411 g/mol. The van der Waals surface area contributed by atoms with E-state index in [-0.39, 0.29) is 18.7 Å². The molecule has 160 valence electrons. The summed E-state index contributed by atoms with van der Waals surface area (Å²) in [6.45, 7) is 7.52. The maximum atomic E-state index is 11.5. The molecule has 1 aromatic heterocycles. The first-order valence-corrected chi connectivity index (χ1v) is 10.4. The predicted octanol–water partition coefficient (Wildman–Crippen LogP) is 3.32. The van der Waals surface area contributed by atoms with Gasteiger partial charge in [0.15, 0.2) is 0 Å². The van der Waals surface area contributed by atoms with Gasteiger partial charge < -0.3 is 14.9 Å². The summed E-state index contributed by atoms with van der Waals surface area (Å²) < 4.78 is 7.32. The van der Waals surface area contributed by atoms with Crippen LogP contribution in [0.25, 0.3) is 11.3 Å². The van der Waals surface area contributed by atoms with Crippen LogP contribution in [0.1, 0.15) is 42.6 Å². The lowest BCUT2D eigenvalue weighted by molar-refractivity contribution is -0.0250. The molecule has 1 aromatic carbocycles. The third kappa shape index (κ3) is 3.91. The number of aryl methyl sites for hydroxylation is 1. The first kappa shape index (κ1) is 20.8. The number of carboxylic acids is 1. The largest absolute Gasteiger partial charge is 0.478 e. The van der Waals surface area contributed by atoms with Gasteiger partial charge in [0.05, 0.1) is 37.6 Å².